The molecule has 276 valence electrons. The highest BCUT2D eigenvalue weighted by atomic mass is 16.5. The van der Waals surface area contributed by atoms with E-state index < -0.39 is 6.10 Å². The van der Waals surface area contributed by atoms with Crippen molar-refractivity contribution in [2.24, 2.45) is 0 Å². The van der Waals surface area contributed by atoms with Gasteiger partial charge in [0.25, 0.3) is 0 Å². The van der Waals surface area contributed by atoms with Crippen LogP contribution in [0.3, 0.4) is 0 Å². The van der Waals surface area contributed by atoms with Crippen LogP contribution in [-0.2, 0) is 32.2 Å². The first-order valence-corrected chi connectivity index (χ1v) is 18.1. The van der Waals surface area contributed by atoms with Crippen molar-refractivity contribution in [3.05, 3.63) is 93.5 Å². The van der Waals surface area contributed by atoms with Gasteiger partial charge in [0.15, 0.2) is 34.5 Å². The summed E-state index contributed by atoms with van der Waals surface area (Å²) in [5, 5.41) is 13.5. The topological polar surface area (TPSA) is 94.1 Å². The Balaban J connectivity index is 1.48. The van der Waals surface area contributed by atoms with Crippen LogP contribution in [0.25, 0.3) is 0 Å². The van der Waals surface area contributed by atoms with Gasteiger partial charge in [0, 0.05) is 49.4 Å². The van der Waals surface area contributed by atoms with Crippen LogP contribution in [-0.4, -0.2) is 83.2 Å². The number of benzene rings is 4. The molecule has 0 amide bonds. The van der Waals surface area contributed by atoms with E-state index in [0.29, 0.717) is 59.8 Å². The molecule has 0 saturated carbocycles. The van der Waals surface area contributed by atoms with E-state index in [4.69, 9.17) is 28.4 Å². The minimum atomic E-state index is -0.492. The lowest BCUT2D eigenvalue weighted by atomic mass is 9.84. The maximum atomic E-state index is 10.1. The van der Waals surface area contributed by atoms with E-state index in [9.17, 15) is 5.11 Å². The monoisotopic (exact) mass is 709 g/mol. The van der Waals surface area contributed by atoms with Gasteiger partial charge >= 0.3 is 0 Å². The van der Waals surface area contributed by atoms with Crippen molar-refractivity contribution in [3.8, 4) is 46.0 Å². The lowest BCUT2D eigenvalue weighted by Gasteiger charge is -2.38. The fourth-order valence-corrected chi connectivity index (χ4v) is 8.10. The van der Waals surface area contributed by atoms with Crippen molar-refractivity contribution in [2.75, 3.05) is 62.2 Å². The van der Waals surface area contributed by atoms with Crippen LogP contribution in [0.1, 0.15) is 58.0 Å². The Labute approximate surface area is 307 Å². The number of rotatable bonds is 8. The summed E-state index contributed by atoms with van der Waals surface area (Å²) in [4.78, 5) is 4.80. The number of hydrogen-bond acceptors (Lipinski definition) is 10. The zero-order valence-electron chi connectivity index (χ0n) is 31.4. The van der Waals surface area contributed by atoms with Crippen molar-refractivity contribution in [1.29, 1.82) is 0 Å². The highest BCUT2D eigenvalue weighted by Gasteiger charge is 2.37. The zero-order valence-corrected chi connectivity index (χ0v) is 31.4. The number of ether oxygens (including phenoxy) is 6. The van der Waals surface area contributed by atoms with Crippen LogP contribution < -0.4 is 33.7 Å². The molecule has 8 rings (SSSR count). The van der Waals surface area contributed by atoms with Gasteiger partial charge in [0.2, 0.25) is 5.75 Å². The molecule has 4 heterocycles. The third-order valence-corrected chi connectivity index (χ3v) is 10.8. The first kappa shape index (κ1) is 35.9. The van der Waals surface area contributed by atoms with Gasteiger partial charge in [-0.3, -0.25) is 9.80 Å². The summed E-state index contributed by atoms with van der Waals surface area (Å²) in [6.07, 6.45) is 2.70. The Kier molecular flexibility index (Phi) is 10.5. The van der Waals surface area contributed by atoms with Gasteiger partial charge in [-0.05, 0) is 111 Å². The molecule has 0 spiro atoms. The summed E-state index contributed by atoms with van der Waals surface area (Å²) in [5.74, 6) is 5.16. The summed E-state index contributed by atoms with van der Waals surface area (Å²) >= 11 is 0. The van der Waals surface area contributed by atoms with E-state index >= 15 is 0 Å². The first-order chi connectivity index (χ1) is 25.2. The van der Waals surface area contributed by atoms with Gasteiger partial charge in [0.1, 0.15) is 5.75 Å². The van der Waals surface area contributed by atoms with E-state index in [0.717, 1.165) is 60.4 Å². The minimum Gasteiger partial charge on any atom is -0.493 e. The van der Waals surface area contributed by atoms with Gasteiger partial charge < -0.3 is 38.8 Å². The second-order valence-electron chi connectivity index (χ2n) is 14.2. The van der Waals surface area contributed by atoms with Gasteiger partial charge in [0.05, 0.1) is 34.5 Å². The molecular formula is C42H51N3O7. The van der Waals surface area contributed by atoms with E-state index in [2.05, 4.69) is 65.6 Å². The molecule has 1 unspecified atom stereocenters. The Morgan fingerprint density at radius 3 is 2.15 bits per heavy atom. The first-order valence-electron chi connectivity index (χ1n) is 18.1. The van der Waals surface area contributed by atoms with Crippen LogP contribution in [0, 0.1) is 0 Å². The quantitative estimate of drug-likeness (QED) is 0.208. The second-order valence-corrected chi connectivity index (χ2v) is 14.2. The van der Waals surface area contributed by atoms with E-state index in [1.807, 2.05) is 18.2 Å². The molecule has 0 aromatic heterocycles. The standard InChI is InChI=1S/C42H51N3O7/c1-25(46)23-43-24-32-30-15-17-45(3)34-19-27-10-13-35(47-4)37(20-27)51-29-11-8-26(9-12-29)18-33-31-22-38(36(48-5)21-28(31)14-16-44(33)2)52-41(39(30)34)42(50-7)40(32)49-6/h8-13,20-22,25,33-34,43,46H,14-19,23-24H2,1-7H3/t25?,33-,34-/m0/s1. The van der Waals surface area contributed by atoms with Crippen LogP contribution in [0.5, 0.6) is 46.0 Å². The fraction of sp³-hybridized carbons (Fsp3) is 0.429. The molecule has 10 nitrogen and oxygen atoms in total. The molecule has 2 N–H and O–H groups in total. The number of likely N-dealkylation sites (N-methyl/N-ethyl adjacent to an activating group) is 2. The van der Waals surface area contributed by atoms with Crippen LogP contribution >= 0.6 is 0 Å². The van der Waals surface area contributed by atoms with Gasteiger partial charge in [-0.1, -0.05) is 18.2 Å². The summed E-state index contributed by atoms with van der Waals surface area (Å²) in [7, 11) is 11.1. The van der Waals surface area contributed by atoms with E-state index in [1.54, 1.807) is 35.4 Å². The third kappa shape index (κ3) is 6.88. The molecule has 0 saturated heterocycles. The van der Waals surface area contributed by atoms with Crippen molar-refractivity contribution < 1.29 is 33.5 Å². The largest absolute Gasteiger partial charge is 0.493 e. The molecule has 4 aromatic rings. The highest BCUT2D eigenvalue weighted by Crippen LogP contribution is 2.54. The molecule has 0 radical (unpaired) electrons. The number of hydrogen-bond donors (Lipinski definition) is 2. The Hall–Kier alpha value is -4.48. The van der Waals surface area contributed by atoms with Crippen molar-refractivity contribution >= 4 is 0 Å². The second kappa shape index (κ2) is 15.2. The Bertz CT molecular complexity index is 1910. The molecule has 0 aliphatic carbocycles. The number of nitrogens with zero attached hydrogens (tertiary/aromatic N) is 2. The summed E-state index contributed by atoms with van der Waals surface area (Å²) in [5.41, 5.74) is 7.98. The minimum absolute atomic E-state index is 0.0870. The molecule has 10 heteroatoms. The fourth-order valence-electron chi connectivity index (χ4n) is 8.10. The average molecular weight is 710 g/mol. The van der Waals surface area contributed by atoms with Crippen LogP contribution in [0.2, 0.25) is 0 Å². The van der Waals surface area contributed by atoms with E-state index in [-0.39, 0.29) is 12.1 Å². The number of nitrogens with one attached hydrogen (secondary N) is 1. The van der Waals surface area contributed by atoms with Crippen LogP contribution in [0.4, 0.5) is 0 Å². The molecule has 3 atom stereocenters. The van der Waals surface area contributed by atoms with Gasteiger partial charge in [-0.25, -0.2) is 0 Å². The zero-order chi connectivity index (χ0) is 36.5. The SMILES string of the molecule is COc1ccc2cc1Oc1ccc(cc1)C[C@H]1c3cc(c(OC)cc3CCN1C)Oc1c(OC)c(OC)c(CNCC(C)O)c3c1[C@H](C2)N(C)CC3. The summed E-state index contributed by atoms with van der Waals surface area (Å²) in [6.45, 7) is 4.49. The number of aliphatic hydroxyl groups excluding tert-OH is 1. The Morgan fingerprint density at radius 2 is 1.44 bits per heavy atom. The number of aliphatic hydroxyl groups is 1. The lowest BCUT2D eigenvalue weighted by molar-refractivity contribution is 0.190. The molecule has 52 heavy (non-hydrogen) atoms. The third-order valence-electron chi connectivity index (χ3n) is 10.8. The average Bonchev–Trinajstić information content (AvgIpc) is 3.14. The summed E-state index contributed by atoms with van der Waals surface area (Å²) in [6, 6.07) is 18.9. The molecule has 4 aliphatic heterocycles. The number of methoxy groups -OCH3 is 4. The predicted molar refractivity (Wildman–Crippen MR) is 201 cm³/mol. The molecular weight excluding hydrogens is 658 g/mol. The smallest absolute Gasteiger partial charge is 0.204 e. The summed E-state index contributed by atoms with van der Waals surface area (Å²) < 4.78 is 37.9. The maximum Gasteiger partial charge on any atom is 0.204 e. The molecule has 4 aliphatic rings. The predicted octanol–water partition coefficient (Wildman–Crippen LogP) is 6.63. The van der Waals surface area contributed by atoms with Crippen LogP contribution in [0.15, 0.2) is 54.6 Å². The molecule has 6 bridgehead atoms. The van der Waals surface area contributed by atoms with Gasteiger partial charge in [-0.2, -0.15) is 0 Å². The lowest BCUT2D eigenvalue weighted by Crippen LogP contribution is -2.35. The molecule has 0 fully saturated rings. The Morgan fingerprint density at radius 1 is 0.769 bits per heavy atom. The van der Waals surface area contributed by atoms with Gasteiger partial charge in [-0.15, -0.1) is 0 Å². The molecule has 4 aromatic carbocycles. The van der Waals surface area contributed by atoms with Crippen molar-refractivity contribution in [2.45, 2.75) is 57.3 Å². The van der Waals surface area contributed by atoms with Crippen molar-refractivity contribution in [1.82, 2.24) is 15.1 Å². The highest BCUT2D eigenvalue weighted by molar-refractivity contribution is 5.67. The maximum absolute atomic E-state index is 10.1. The van der Waals surface area contributed by atoms with E-state index in [1.165, 1.54) is 16.7 Å². The van der Waals surface area contributed by atoms with Crippen molar-refractivity contribution in [3.63, 3.8) is 0 Å². The normalized spacial score (nSPS) is 19.0. The number of fused-ring (bicyclic) bond motifs is 2.